The van der Waals surface area contributed by atoms with E-state index in [-0.39, 0.29) is 11.9 Å². The van der Waals surface area contributed by atoms with E-state index in [9.17, 15) is 4.39 Å². The van der Waals surface area contributed by atoms with Gasteiger partial charge in [0.25, 0.3) is 0 Å². The van der Waals surface area contributed by atoms with Crippen molar-refractivity contribution >= 4 is 0 Å². The maximum absolute atomic E-state index is 13.2. The number of aryl methyl sites for hydroxylation is 1. The topological polar surface area (TPSA) is 48.1 Å². The average Bonchev–Trinajstić information content (AvgIpc) is 3.04. The molecule has 2 heterocycles. The summed E-state index contributed by atoms with van der Waals surface area (Å²) < 4.78 is 21.2. The summed E-state index contributed by atoms with van der Waals surface area (Å²) in [6.07, 6.45) is 0.269. The minimum atomic E-state index is -0.232. The highest BCUT2D eigenvalue weighted by molar-refractivity contribution is 5.36. The highest BCUT2D eigenvalue weighted by Gasteiger charge is 2.25. The summed E-state index contributed by atoms with van der Waals surface area (Å²) in [4.78, 5) is 1.59. The van der Waals surface area contributed by atoms with Crippen molar-refractivity contribution in [3.63, 3.8) is 0 Å². The van der Waals surface area contributed by atoms with Crippen molar-refractivity contribution in [3.8, 4) is 5.69 Å². The van der Waals surface area contributed by atoms with E-state index in [1.807, 2.05) is 11.6 Å². The molecule has 1 unspecified atom stereocenters. The quantitative estimate of drug-likeness (QED) is 0.615. The fourth-order valence-corrected chi connectivity index (χ4v) is 4.27. The van der Waals surface area contributed by atoms with E-state index < -0.39 is 0 Å². The Balaban J connectivity index is 1.32. The Hall–Kier alpha value is -2.54. The molecule has 6 heteroatoms. The smallest absolute Gasteiger partial charge is 0.155 e. The van der Waals surface area contributed by atoms with Crippen molar-refractivity contribution in [2.75, 3.05) is 26.2 Å². The fourth-order valence-electron chi connectivity index (χ4n) is 4.27. The second-order valence-electron chi connectivity index (χ2n) is 8.13. The number of halogens is 1. The molecule has 3 N–H and O–H groups in total. The SMILES string of the molecule is Cc1nn(-c2ccc(F)cc2)c(C)c1C[NH2+]C[C@@H]1C[NH+](Cc2ccccc2)CCO1. The Bertz CT molecular complexity index is 955. The number of aromatic nitrogens is 2. The Kier molecular flexibility index (Phi) is 6.57. The zero-order valence-corrected chi connectivity index (χ0v) is 17.8. The molecule has 0 aliphatic carbocycles. The Labute approximate surface area is 177 Å². The number of benzene rings is 2. The zero-order chi connectivity index (χ0) is 20.9. The lowest BCUT2D eigenvalue weighted by Crippen LogP contribution is -3.14. The number of nitrogens with one attached hydrogen (secondary N) is 1. The molecule has 4 rings (SSSR count). The third-order valence-corrected chi connectivity index (χ3v) is 5.91. The summed E-state index contributed by atoms with van der Waals surface area (Å²) in [5.41, 5.74) is 5.64. The molecule has 1 aliphatic rings. The minimum Gasteiger partial charge on any atom is -0.361 e. The van der Waals surface area contributed by atoms with Crippen molar-refractivity contribution in [1.82, 2.24) is 9.78 Å². The highest BCUT2D eigenvalue weighted by Crippen LogP contribution is 2.17. The molecule has 0 spiro atoms. The van der Waals surface area contributed by atoms with Crippen LogP contribution in [0.15, 0.2) is 54.6 Å². The largest absolute Gasteiger partial charge is 0.361 e. The van der Waals surface area contributed by atoms with Crippen LogP contribution in [0.4, 0.5) is 4.39 Å². The van der Waals surface area contributed by atoms with E-state index >= 15 is 0 Å². The second-order valence-corrected chi connectivity index (χ2v) is 8.13. The van der Waals surface area contributed by atoms with Crippen LogP contribution in [0.2, 0.25) is 0 Å². The summed E-state index contributed by atoms with van der Waals surface area (Å²) in [7, 11) is 0. The number of rotatable bonds is 7. The summed E-state index contributed by atoms with van der Waals surface area (Å²) in [5.74, 6) is -0.232. The predicted molar refractivity (Wildman–Crippen MR) is 114 cm³/mol. The van der Waals surface area contributed by atoms with Gasteiger partial charge >= 0.3 is 0 Å². The molecule has 0 bridgehead atoms. The molecule has 2 aromatic carbocycles. The minimum absolute atomic E-state index is 0.232. The molecule has 1 aromatic heterocycles. The van der Waals surface area contributed by atoms with Gasteiger partial charge in [-0.2, -0.15) is 5.10 Å². The van der Waals surface area contributed by atoms with Gasteiger partial charge in [-0.1, -0.05) is 30.3 Å². The van der Waals surface area contributed by atoms with Crippen LogP contribution in [0.25, 0.3) is 5.69 Å². The van der Waals surface area contributed by atoms with E-state index in [2.05, 4.69) is 47.7 Å². The lowest BCUT2D eigenvalue weighted by atomic mass is 10.1. The number of ether oxygens (including phenoxy) is 1. The molecular formula is C24H31FN4O+2. The fraction of sp³-hybridized carbons (Fsp3) is 0.375. The Morgan fingerprint density at radius 1 is 1.13 bits per heavy atom. The van der Waals surface area contributed by atoms with E-state index in [1.165, 1.54) is 23.3 Å². The number of hydrogen-bond donors (Lipinski definition) is 2. The molecule has 0 radical (unpaired) electrons. The monoisotopic (exact) mass is 410 g/mol. The Morgan fingerprint density at radius 3 is 2.67 bits per heavy atom. The first-order valence-corrected chi connectivity index (χ1v) is 10.7. The molecule has 1 aliphatic heterocycles. The maximum atomic E-state index is 13.2. The number of morpholine rings is 1. The number of quaternary nitrogens is 2. The molecule has 0 amide bonds. The van der Waals surface area contributed by atoms with Gasteiger partial charge in [0.2, 0.25) is 0 Å². The van der Waals surface area contributed by atoms with Crippen LogP contribution in [0.1, 0.15) is 22.5 Å². The van der Waals surface area contributed by atoms with Crippen molar-refractivity contribution < 1.29 is 19.3 Å². The molecule has 1 saturated heterocycles. The van der Waals surface area contributed by atoms with Crippen LogP contribution < -0.4 is 10.2 Å². The molecule has 5 nitrogen and oxygen atoms in total. The van der Waals surface area contributed by atoms with Crippen LogP contribution in [-0.2, 0) is 17.8 Å². The van der Waals surface area contributed by atoms with E-state index in [0.29, 0.717) is 0 Å². The van der Waals surface area contributed by atoms with Crippen LogP contribution in [0.3, 0.4) is 0 Å². The van der Waals surface area contributed by atoms with Gasteiger partial charge in [0.05, 0.1) is 29.2 Å². The van der Waals surface area contributed by atoms with Crippen LogP contribution in [-0.4, -0.2) is 42.1 Å². The molecule has 0 saturated carbocycles. The molecular weight excluding hydrogens is 379 g/mol. The third kappa shape index (κ3) is 4.95. The number of nitrogens with zero attached hydrogens (tertiary/aromatic N) is 2. The standard InChI is InChI=1S/C24H29FN4O/c1-18-24(19(2)29(27-18)22-10-8-21(25)9-11-22)15-26-14-23-17-28(12-13-30-23)16-20-6-4-3-5-7-20/h3-11,23,26H,12-17H2,1-2H3/p+2/t23-/m1/s1. The lowest BCUT2D eigenvalue weighted by molar-refractivity contribution is -0.927. The van der Waals surface area contributed by atoms with Crippen LogP contribution in [0, 0.1) is 19.7 Å². The van der Waals surface area contributed by atoms with E-state index in [1.54, 1.807) is 17.0 Å². The van der Waals surface area contributed by atoms with Gasteiger partial charge in [-0.05, 0) is 38.1 Å². The van der Waals surface area contributed by atoms with Gasteiger partial charge < -0.3 is 15.0 Å². The number of nitrogens with two attached hydrogens (primary N) is 1. The van der Waals surface area contributed by atoms with Gasteiger partial charge in [0, 0.05) is 5.56 Å². The van der Waals surface area contributed by atoms with Gasteiger partial charge in [0.1, 0.15) is 38.5 Å². The van der Waals surface area contributed by atoms with Gasteiger partial charge in [-0.3, -0.25) is 0 Å². The lowest BCUT2D eigenvalue weighted by Gasteiger charge is -2.29. The van der Waals surface area contributed by atoms with Crippen molar-refractivity contribution in [3.05, 3.63) is 82.9 Å². The molecule has 3 aromatic rings. The Morgan fingerprint density at radius 2 is 1.90 bits per heavy atom. The predicted octanol–water partition coefficient (Wildman–Crippen LogP) is 1.18. The first kappa shape index (κ1) is 20.7. The van der Waals surface area contributed by atoms with Gasteiger partial charge in [0.15, 0.2) is 6.10 Å². The van der Waals surface area contributed by atoms with Crippen LogP contribution in [0.5, 0.6) is 0 Å². The summed E-state index contributed by atoms with van der Waals surface area (Å²) in [6, 6.07) is 17.2. The molecule has 158 valence electrons. The normalized spacial score (nSPS) is 19.2. The summed E-state index contributed by atoms with van der Waals surface area (Å²) >= 11 is 0. The van der Waals surface area contributed by atoms with Crippen LogP contribution >= 0.6 is 0 Å². The summed E-state index contributed by atoms with van der Waals surface area (Å²) in [5, 5.41) is 6.99. The first-order chi connectivity index (χ1) is 14.6. The van der Waals surface area contributed by atoms with Crippen molar-refractivity contribution in [2.45, 2.75) is 33.0 Å². The van der Waals surface area contributed by atoms with Gasteiger partial charge in [-0.15, -0.1) is 0 Å². The molecule has 2 atom stereocenters. The van der Waals surface area contributed by atoms with E-state index in [4.69, 9.17) is 4.74 Å². The second kappa shape index (κ2) is 9.51. The number of hydrogen-bond acceptors (Lipinski definition) is 2. The van der Waals surface area contributed by atoms with Crippen molar-refractivity contribution in [1.29, 1.82) is 0 Å². The third-order valence-electron chi connectivity index (χ3n) is 5.91. The molecule has 1 fully saturated rings. The zero-order valence-electron chi connectivity index (χ0n) is 17.8. The van der Waals surface area contributed by atoms with Crippen molar-refractivity contribution in [2.24, 2.45) is 0 Å². The van der Waals surface area contributed by atoms with E-state index in [0.717, 1.165) is 56.4 Å². The first-order valence-electron chi connectivity index (χ1n) is 10.7. The average molecular weight is 411 g/mol. The molecule has 30 heavy (non-hydrogen) atoms. The summed E-state index contributed by atoms with van der Waals surface area (Å²) in [6.45, 7) is 9.91. The van der Waals surface area contributed by atoms with Gasteiger partial charge in [-0.25, -0.2) is 9.07 Å². The highest BCUT2D eigenvalue weighted by atomic mass is 19.1. The maximum Gasteiger partial charge on any atom is 0.155 e.